The molecule has 0 aliphatic carbocycles. The van der Waals surface area contributed by atoms with Crippen molar-refractivity contribution in [2.75, 3.05) is 33.4 Å². The van der Waals surface area contributed by atoms with Gasteiger partial charge in [-0.25, -0.2) is 0 Å². The lowest BCUT2D eigenvalue weighted by Crippen LogP contribution is -2.30. The highest BCUT2D eigenvalue weighted by atomic mass is 16.5. The average Bonchev–Trinajstić information content (AvgIpc) is 3.41. The molecule has 1 atom stereocenters. The summed E-state index contributed by atoms with van der Waals surface area (Å²) in [6.45, 7) is 4.58. The van der Waals surface area contributed by atoms with Gasteiger partial charge in [-0.15, -0.1) is 0 Å². The van der Waals surface area contributed by atoms with Crippen LogP contribution in [0.3, 0.4) is 0 Å². The monoisotopic (exact) mass is 410 g/mol. The van der Waals surface area contributed by atoms with Crippen LogP contribution in [0, 0.1) is 6.92 Å². The second-order valence-electron chi connectivity index (χ2n) is 8.26. The molecule has 2 aliphatic heterocycles. The third-order valence-electron chi connectivity index (χ3n) is 6.44. The Balaban J connectivity index is 1.65. The summed E-state index contributed by atoms with van der Waals surface area (Å²) < 4.78 is 12.9. The summed E-state index contributed by atoms with van der Waals surface area (Å²) >= 11 is 0. The van der Waals surface area contributed by atoms with Crippen molar-refractivity contribution >= 4 is 27.7 Å². The highest BCUT2D eigenvalue weighted by Crippen LogP contribution is 2.30. The number of amides is 1. The number of benzene rings is 1. The van der Waals surface area contributed by atoms with Crippen LogP contribution in [0.2, 0.25) is 0 Å². The zero-order chi connectivity index (χ0) is 20.8. The Hall–Kier alpha value is -2.71. The minimum Gasteiger partial charge on any atom is -0.381 e. The molecule has 2 aliphatic rings. The molecule has 0 saturated carbocycles. The number of carbonyl (C=O) groups excluding carboxylic acids is 1. The van der Waals surface area contributed by atoms with Crippen LogP contribution in [0.5, 0.6) is 0 Å². The summed E-state index contributed by atoms with van der Waals surface area (Å²) in [5.74, 6) is 0.00503. The number of aromatic nitrogens is 3. The number of pyridine rings is 1. The van der Waals surface area contributed by atoms with E-state index in [2.05, 4.69) is 10.1 Å². The molecular weight excluding hydrogens is 384 g/mol. The molecule has 1 aromatic carbocycles. The number of aryl methyl sites for hydroxylation is 1. The molecule has 2 aromatic heterocycles. The lowest BCUT2D eigenvalue weighted by atomic mass is 10.0. The zero-order valence-corrected chi connectivity index (χ0v) is 17.3. The van der Waals surface area contributed by atoms with E-state index in [1.807, 2.05) is 28.6 Å². The van der Waals surface area contributed by atoms with Gasteiger partial charge in [0.15, 0.2) is 0 Å². The van der Waals surface area contributed by atoms with Gasteiger partial charge in [0.25, 0.3) is 11.5 Å². The predicted molar refractivity (Wildman–Crippen MR) is 113 cm³/mol. The Kier molecular flexibility index (Phi) is 4.83. The minimum absolute atomic E-state index is 0.00503. The van der Waals surface area contributed by atoms with E-state index in [-0.39, 0.29) is 23.6 Å². The first-order chi connectivity index (χ1) is 14.6. The van der Waals surface area contributed by atoms with E-state index < -0.39 is 0 Å². The minimum atomic E-state index is -0.156. The van der Waals surface area contributed by atoms with E-state index in [4.69, 9.17) is 9.47 Å². The van der Waals surface area contributed by atoms with Gasteiger partial charge >= 0.3 is 0 Å². The van der Waals surface area contributed by atoms with E-state index >= 15 is 0 Å². The van der Waals surface area contributed by atoms with Crippen LogP contribution in [0.4, 0.5) is 0 Å². The summed E-state index contributed by atoms with van der Waals surface area (Å²) in [6.07, 6.45) is 4.29. The van der Waals surface area contributed by atoms with Crippen molar-refractivity contribution in [2.45, 2.75) is 38.3 Å². The first kappa shape index (κ1) is 19.3. The van der Waals surface area contributed by atoms with Crippen LogP contribution in [0.25, 0.3) is 21.8 Å². The second kappa shape index (κ2) is 7.52. The molecule has 1 amide bonds. The molecule has 1 unspecified atom stereocenters. The van der Waals surface area contributed by atoms with Crippen LogP contribution in [0.1, 0.15) is 41.2 Å². The number of hydrogen-bond donors (Lipinski definition) is 1. The van der Waals surface area contributed by atoms with Gasteiger partial charge in [-0.2, -0.15) is 5.10 Å². The third-order valence-corrected chi connectivity index (χ3v) is 6.44. The number of rotatable bonds is 3. The van der Waals surface area contributed by atoms with Gasteiger partial charge in [0, 0.05) is 44.4 Å². The second-order valence-corrected chi connectivity index (χ2v) is 8.26. The van der Waals surface area contributed by atoms with Crippen molar-refractivity contribution in [3.63, 3.8) is 0 Å². The first-order valence-electron chi connectivity index (χ1n) is 10.5. The molecule has 5 rings (SSSR count). The van der Waals surface area contributed by atoms with Gasteiger partial charge in [-0.3, -0.25) is 14.3 Å². The van der Waals surface area contributed by atoms with Gasteiger partial charge in [-0.1, -0.05) is 0 Å². The summed E-state index contributed by atoms with van der Waals surface area (Å²) in [7, 11) is 1.68. The number of ether oxygens (including phenoxy) is 2. The highest BCUT2D eigenvalue weighted by molar-refractivity contribution is 6.07. The third kappa shape index (κ3) is 3.11. The first-order valence-corrected chi connectivity index (χ1v) is 10.5. The molecule has 30 heavy (non-hydrogen) atoms. The normalized spacial score (nSPS) is 20.5. The van der Waals surface area contributed by atoms with Crippen LogP contribution >= 0.6 is 0 Å². The molecule has 4 heterocycles. The predicted octanol–water partition coefficient (Wildman–Crippen LogP) is 2.40. The maximum atomic E-state index is 13.3. The number of methoxy groups -OCH3 is 1. The van der Waals surface area contributed by atoms with Crippen molar-refractivity contribution in [3.05, 3.63) is 39.8 Å². The number of nitrogens with one attached hydrogen (secondary N) is 1. The van der Waals surface area contributed by atoms with Gasteiger partial charge in [-0.05, 0) is 43.9 Å². The summed E-state index contributed by atoms with van der Waals surface area (Å²) in [5.41, 5.74) is 2.88. The fraction of sp³-hybridized carbons (Fsp3) is 0.500. The van der Waals surface area contributed by atoms with Crippen LogP contribution in [0.15, 0.2) is 23.1 Å². The Bertz CT molecular complexity index is 1180. The van der Waals surface area contributed by atoms with Gasteiger partial charge in [0.2, 0.25) is 0 Å². The molecule has 0 bridgehead atoms. The number of H-pyrrole nitrogens is 1. The van der Waals surface area contributed by atoms with Crippen LogP contribution < -0.4 is 5.56 Å². The summed E-state index contributed by atoms with van der Waals surface area (Å²) in [5, 5.41) is 5.96. The summed E-state index contributed by atoms with van der Waals surface area (Å²) in [6, 6.07) is 4.00. The number of carbonyl (C=O) groups is 1. The van der Waals surface area contributed by atoms with Gasteiger partial charge in [0.1, 0.15) is 0 Å². The van der Waals surface area contributed by atoms with Crippen molar-refractivity contribution < 1.29 is 14.3 Å². The van der Waals surface area contributed by atoms with E-state index in [1.165, 1.54) is 0 Å². The molecular formula is C22H26N4O4. The highest BCUT2D eigenvalue weighted by Gasteiger charge is 2.28. The lowest BCUT2D eigenvalue weighted by molar-refractivity contribution is 0.0675. The standard InChI is InChI=1S/C22H26N4O4/c1-13-9-19-17(10-16(13)22(28)25-6-3-15(12-25)29-2)20-18(21(27)24-19)11-23-26(20)14-4-7-30-8-5-14/h9-11,14-15H,3-8,12H2,1-2H3,(H,24,27). The van der Waals surface area contributed by atoms with Gasteiger partial charge < -0.3 is 19.4 Å². The Labute approximate surface area is 173 Å². The topological polar surface area (TPSA) is 89.5 Å². The SMILES string of the molecule is COC1CCN(C(=O)c2cc3c(cc2C)[nH]c(=O)c2cnn(C4CCOCC4)c23)C1. The molecule has 2 saturated heterocycles. The number of hydrogen-bond acceptors (Lipinski definition) is 5. The Morgan fingerprint density at radius 3 is 2.77 bits per heavy atom. The maximum absolute atomic E-state index is 13.3. The molecule has 8 heteroatoms. The number of nitrogens with zero attached hydrogens (tertiary/aromatic N) is 3. The van der Waals surface area contributed by atoms with Crippen LogP contribution in [-0.4, -0.2) is 65.1 Å². The summed E-state index contributed by atoms with van der Waals surface area (Å²) in [4.78, 5) is 30.7. The zero-order valence-electron chi connectivity index (χ0n) is 17.3. The molecule has 8 nitrogen and oxygen atoms in total. The lowest BCUT2D eigenvalue weighted by Gasteiger charge is -2.23. The number of likely N-dealkylation sites (tertiary alicyclic amines) is 1. The van der Waals surface area contributed by atoms with E-state index in [0.29, 0.717) is 37.3 Å². The number of aromatic amines is 1. The largest absolute Gasteiger partial charge is 0.381 e. The Morgan fingerprint density at radius 1 is 1.23 bits per heavy atom. The molecule has 2 fully saturated rings. The molecule has 1 N–H and O–H groups in total. The van der Waals surface area contributed by atoms with E-state index in [0.717, 1.165) is 41.2 Å². The molecule has 3 aromatic rings. The quantitative estimate of drug-likeness (QED) is 0.716. The van der Waals surface area contributed by atoms with Crippen molar-refractivity contribution in [1.29, 1.82) is 0 Å². The molecule has 158 valence electrons. The Morgan fingerprint density at radius 2 is 2.03 bits per heavy atom. The smallest absolute Gasteiger partial charge is 0.259 e. The maximum Gasteiger partial charge on any atom is 0.259 e. The molecule has 0 spiro atoms. The van der Waals surface area contributed by atoms with Crippen molar-refractivity contribution in [3.8, 4) is 0 Å². The fourth-order valence-electron chi connectivity index (χ4n) is 4.71. The average molecular weight is 410 g/mol. The van der Waals surface area contributed by atoms with Crippen molar-refractivity contribution in [1.82, 2.24) is 19.7 Å². The van der Waals surface area contributed by atoms with Crippen LogP contribution in [-0.2, 0) is 9.47 Å². The molecule has 0 radical (unpaired) electrons. The van der Waals surface area contributed by atoms with E-state index in [1.54, 1.807) is 13.3 Å². The van der Waals surface area contributed by atoms with Gasteiger partial charge in [0.05, 0.1) is 34.8 Å². The fourth-order valence-corrected chi connectivity index (χ4v) is 4.71. The number of fused-ring (bicyclic) bond motifs is 3. The van der Waals surface area contributed by atoms with E-state index in [9.17, 15) is 9.59 Å². The van der Waals surface area contributed by atoms with Crippen molar-refractivity contribution in [2.24, 2.45) is 0 Å².